The second kappa shape index (κ2) is 4.35. The van der Waals surface area contributed by atoms with Crippen molar-refractivity contribution in [3.05, 3.63) is 35.6 Å². The van der Waals surface area contributed by atoms with E-state index in [9.17, 15) is 4.79 Å². The molecule has 0 spiro atoms. The minimum atomic E-state index is 0.111. The summed E-state index contributed by atoms with van der Waals surface area (Å²) in [5, 5.41) is 4.41. The highest BCUT2D eigenvalue weighted by molar-refractivity contribution is 6.05. The Hall–Kier alpha value is -1.81. The number of benzene rings is 1. The molecule has 0 unspecified atom stereocenters. The number of rotatable bonds is 1. The highest BCUT2D eigenvalue weighted by atomic mass is 16.3. The number of nitrogens with one attached hydrogen (secondary N) is 1. The molecule has 1 N–H and O–H groups in total. The van der Waals surface area contributed by atoms with Gasteiger partial charge in [-0.3, -0.25) is 4.79 Å². The predicted molar refractivity (Wildman–Crippen MR) is 76.7 cm³/mol. The van der Waals surface area contributed by atoms with Crippen LogP contribution in [0.5, 0.6) is 0 Å². The maximum atomic E-state index is 12.7. The average molecular weight is 270 g/mol. The Morgan fingerprint density at radius 3 is 2.80 bits per heavy atom. The molecule has 2 aliphatic heterocycles. The molecule has 2 aliphatic rings. The van der Waals surface area contributed by atoms with Gasteiger partial charge in [-0.05, 0) is 30.9 Å². The van der Waals surface area contributed by atoms with Crippen LogP contribution in [0.15, 0.2) is 28.7 Å². The van der Waals surface area contributed by atoms with Gasteiger partial charge < -0.3 is 14.6 Å². The highest BCUT2D eigenvalue weighted by Gasteiger charge is 2.38. The summed E-state index contributed by atoms with van der Waals surface area (Å²) >= 11 is 0. The van der Waals surface area contributed by atoms with E-state index in [4.69, 9.17) is 4.42 Å². The van der Waals surface area contributed by atoms with Crippen LogP contribution in [-0.2, 0) is 0 Å². The van der Waals surface area contributed by atoms with E-state index >= 15 is 0 Å². The highest BCUT2D eigenvalue weighted by Crippen LogP contribution is 2.29. The third kappa shape index (κ3) is 1.75. The van der Waals surface area contributed by atoms with E-state index in [-0.39, 0.29) is 5.91 Å². The fourth-order valence-electron chi connectivity index (χ4n) is 3.55. The third-order valence-corrected chi connectivity index (χ3v) is 4.57. The van der Waals surface area contributed by atoms with Crippen molar-refractivity contribution in [2.24, 2.45) is 11.8 Å². The van der Waals surface area contributed by atoms with Gasteiger partial charge in [0.2, 0.25) is 0 Å². The first kappa shape index (κ1) is 12.0. The maximum Gasteiger partial charge on any atom is 0.257 e. The van der Waals surface area contributed by atoms with E-state index in [0.717, 1.165) is 42.9 Å². The Bertz CT molecular complexity index is 664. The number of carbonyl (C=O) groups excluding carboxylic acids is 1. The number of hydrogen-bond donors (Lipinski definition) is 1. The van der Waals surface area contributed by atoms with Crippen LogP contribution in [0.2, 0.25) is 0 Å². The summed E-state index contributed by atoms with van der Waals surface area (Å²) in [6.07, 6.45) is 0. The number of hydrogen-bond acceptors (Lipinski definition) is 3. The largest absolute Gasteiger partial charge is 0.461 e. The number of likely N-dealkylation sites (tertiary alicyclic amines) is 1. The molecular formula is C16H18N2O2. The predicted octanol–water partition coefficient (Wildman–Crippen LogP) is 2.03. The summed E-state index contributed by atoms with van der Waals surface area (Å²) < 4.78 is 5.71. The Kier molecular flexibility index (Phi) is 2.60. The monoisotopic (exact) mass is 270 g/mol. The molecule has 4 nitrogen and oxygen atoms in total. The minimum Gasteiger partial charge on any atom is -0.461 e. The molecule has 0 radical (unpaired) electrons. The Morgan fingerprint density at radius 1 is 1.30 bits per heavy atom. The summed E-state index contributed by atoms with van der Waals surface area (Å²) in [7, 11) is 0. The van der Waals surface area contributed by atoms with E-state index in [2.05, 4.69) is 5.32 Å². The van der Waals surface area contributed by atoms with Crippen LogP contribution < -0.4 is 5.32 Å². The molecule has 2 aromatic rings. The van der Waals surface area contributed by atoms with Crippen LogP contribution in [0.4, 0.5) is 0 Å². The van der Waals surface area contributed by atoms with Crippen molar-refractivity contribution in [3.63, 3.8) is 0 Å². The molecule has 2 atom stereocenters. The van der Waals surface area contributed by atoms with E-state index in [1.165, 1.54) is 0 Å². The lowest BCUT2D eigenvalue weighted by Gasteiger charge is -2.17. The van der Waals surface area contributed by atoms with Gasteiger partial charge in [-0.15, -0.1) is 0 Å². The quantitative estimate of drug-likeness (QED) is 0.862. The lowest BCUT2D eigenvalue weighted by Crippen LogP contribution is -2.31. The summed E-state index contributed by atoms with van der Waals surface area (Å²) in [5.41, 5.74) is 1.42. The third-order valence-electron chi connectivity index (χ3n) is 4.57. The molecule has 0 aliphatic carbocycles. The fraction of sp³-hybridized carbons (Fsp3) is 0.438. The minimum absolute atomic E-state index is 0.111. The molecule has 0 saturated carbocycles. The van der Waals surface area contributed by atoms with Gasteiger partial charge in [0, 0.05) is 31.6 Å². The molecule has 4 heteroatoms. The summed E-state index contributed by atoms with van der Waals surface area (Å²) in [6, 6.07) is 7.78. The van der Waals surface area contributed by atoms with Gasteiger partial charge in [-0.2, -0.15) is 0 Å². The second-order valence-corrected chi connectivity index (χ2v) is 5.97. The van der Waals surface area contributed by atoms with Crippen molar-refractivity contribution in [1.82, 2.24) is 10.2 Å². The molecule has 20 heavy (non-hydrogen) atoms. The van der Waals surface area contributed by atoms with Crippen LogP contribution in [0.3, 0.4) is 0 Å². The number of furan rings is 1. The number of carbonyl (C=O) groups is 1. The number of aryl methyl sites for hydroxylation is 1. The van der Waals surface area contributed by atoms with Crippen LogP contribution in [0, 0.1) is 18.8 Å². The van der Waals surface area contributed by atoms with E-state index in [1.807, 2.05) is 36.1 Å². The van der Waals surface area contributed by atoms with Gasteiger partial charge in [0.1, 0.15) is 11.3 Å². The molecule has 2 fully saturated rings. The first-order valence-corrected chi connectivity index (χ1v) is 7.21. The molecular weight excluding hydrogens is 252 g/mol. The molecule has 1 amide bonds. The van der Waals surface area contributed by atoms with Gasteiger partial charge in [-0.25, -0.2) is 0 Å². The lowest BCUT2D eigenvalue weighted by atomic mass is 10.0. The molecule has 104 valence electrons. The fourth-order valence-corrected chi connectivity index (χ4v) is 3.55. The second-order valence-electron chi connectivity index (χ2n) is 5.97. The Morgan fingerprint density at radius 2 is 2.05 bits per heavy atom. The molecule has 2 saturated heterocycles. The van der Waals surface area contributed by atoms with E-state index in [1.54, 1.807) is 0 Å². The molecule has 0 bridgehead atoms. The number of para-hydroxylation sites is 1. The van der Waals surface area contributed by atoms with Gasteiger partial charge in [0.05, 0.1) is 5.56 Å². The number of nitrogens with zero attached hydrogens (tertiary/aromatic N) is 1. The summed E-state index contributed by atoms with van der Waals surface area (Å²) in [4.78, 5) is 14.7. The topological polar surface area (TPSA) is 45.5 Å². The van der Waals surface area contributed by atoms with Gasteiger partial charge >= 0.3 is 0 Å². The Balaban J connectivity index is 1.67. The summed E-state index contributed by atoms with van der Waals surface area (Å²) in [6.45, 7) is 5.73. The molecule has 3 heterocycles. The van der Waals surface area contributed by atoms with Crippen molar-refractivity contribution in [3.8, 4) is 0 Å². The van der Waals surface area contributed by atoms with Crippen molar-refractivity contribution in [2.45, 2.75) is 6.92 Å². The normalized spacial score (nSPS) is 25.4. The Labute approximate surface area is 117 Å². The van der Waals surface area contributed by atoms with Gasteiger partial charge in [-0.1, -0.05) is 12.1 Å². The van der Waals surface area contributed by atoms with Crippen LogP contribution in [-0.4, -0.2) is 37.0 Å². The smallest absolute Gasteiger partial charge is 0.257 e. The molecule has 1 aromatic heterocycles. The first-order chi connectivity index (χ1) is 9.72. The van der Waals surface area contributed by atoms with Crippen LogP contribution in [0.1, 0.15) is 16.1 Å². The average Bonchev–Trinajstić information content (AvgIpc) is 3.08. The first-order valence-electron chi connectivity index (χ1n) is 7.21. The molecule has 1 aromatic carbocycles. The lowest BCUT2D eigenvalue weighted by molar-refractivity contribution is 0.0782. The number of fused-ring (bicyclic) bond motifs is 2. The van der Waals surface area contributed by atoms with Gasteiger partial charge in [0.15, 0.2) is 0 Å². The van der Waals surface area contributed by atoms with Crippen molar-refractivity contribution < 1.29 is 9.21 Å². The summed E-state index contributed by atoms with van der Waals surface area (Å²) in [5.74, 6) is 2.20. The zero-order chi connectivity index (χ0) is 13.7. The van der Waals surface area contributed by atoms with Crippen LogP contribution in [0.25, 0.3) is 11.0 Å². The van der Waals surface area contributed by atoms with Gasteiger partial charge in [0.25, 0.3) is 5.91 Å². The standard InChI is InChI=1S/C16H18N2O2/c1-10-5-11-3-2-4-14(15(11)20-10)16(19)18-8-12-6-17-7-13(12)9-18/h2-5,12-13,17H,6-9H2,1H3/t12-,13+. The SMILES string of the molecule is Cc1cc2cccc(C(=O)N3C[C@H]4CNC[C@H]4C3)c2o1. The zero-order valence-electron chi connectivity index (χ0n) is 11.6. The maximum absolute atomic E-state index is 12.7. The molecule has 4 rings (SSSR count). The zero-order valence-corrected chi connectivity index (χ0v) is 11.6. The van der Waals surface area contributed by atoms with Crippen molar-refractivity contribution >= 4 is 16.9 Å². The van der Waals surface area contributed by atoms with E-state index in [0.29, 0.717) is 17.4 Å². The van der Waals surface area contributed by atoms with Crippen LogP contribution >= 0.6 is 0 Å². The van der Waals surface area contributed by atoms with Crippen molar-refractivity contribution in [1.29, 1.82) is 0 Å². The van der Waals surface area contributed by atoms with E-state index < -0.39 is 0 Å². The number of amides is 1. The van der Waals surface area contributed by atoms with Crippen molar-refractivity contribution in [2.75, 3.05) is 26.2 Å².